The topological polar surface area (TPSA) is 70.6 Å². The number of benzene rings is 1. The quantitative estimate of drug-likeness (QED) is 0.323. The minimum Gasteiger partial charge on any atom is -0.409 e. The van der Waals surface area contributed by atoms with Crippen molar-refractivity contribution in [1.82, 2.24) is 5.32 Å². The van der Waals surface area contributed by atoms with Gasteiger partial charge in [0, 0.05) is 6.54 Å². The van der Waals surface area contributed by atoms with E-state index in [0.717, 1.165) is 23.9 Å². The molecule has 0 amide bonds. The Bertz CT molecular complexity index is 433. The van der Waals surface area contributed by atoms with Crippen molar-refractivity contribution in [3.05, 3.63) is 35.9 Å². The van der Waals surface area contributed by atoms with Gasteiger partial charge in [-0.05, 0) is 36.8 Å². The molecule has 0 bridgehead atoms. The molecule has 20 heavy (non-hydrogen) atoms. The van der Waals surface area contributed by atoms with E-state index in [1.54, 1.807) is 0 Å². The van der Waals surface area contributed by atoms with Gasteiger partial charge in [0.05, 0.1) is 5.92 Å². The van der Waals surface area contributed by atoms with E-state index in [2.05, 4.69) is 17.4 Å². The van der Waals surface area contributed by atoms with Crippen molar-refractivity contribution in [3.63, 3.8) is 0 Å². The SMILES string of the molecule is CC1CCC(CNCC(/C(N)=N/O)c2ccccc2)C1. The number of oxime groups is 1. The molecule has 0 heterocycles. The van der Waals surface area contributed by atoms with Gasteiger partial charge in [0.25, 0.3) is 0 Å². The largest absolute Gasteiger partial charge is 0.409 e. The third-order valence-electron chi connectivity index (χ3n) is 4.26. The Morgan fingerprint density at radius 1 is 1.40 bits per heavy atom. The van der Waals surface area contributed by atoms with Crippen molar-refractivity contribution in [3.8, 4) is 0 Å². The van der Waals surface area contributed by atoms with Crippen LogP contribution in [0, 0.1) is 11.8 Å². The summed E-state index contributed by atoms with van der Waals surface area (Å²) >= 11 is 0. The second kappa shape index (κ2) is 7.29. The van der Waals surface area contributed by atoms with Crippen LogP contribution in [0.2, 0.25) is 0 Å². The van der Waals surface area contributed by atoms with Gasteiger partial charge in [0.2, 0.25) is 0 Å². The highest BCUT2D eigenvalue weighted by Crippen LogP contribution is 2.29. The second-order valence-corrected chi connectivity index (χ2v) is 5.93. The molecule has 3 atom stereocenters. The Morgan fingerprint density at radius 3 is 2.75 bits per heavy atom. The maximum atomic E-state index is 8.95. The fourth-order valence-electron chi connectivity index (χ4n) is 3.09. The molecule has 1 aliphatic carbocycles. The summed E-state index contributed by atoms with van der Waals surface area (Å²) in [5, 5.41) is 15.6. The average Bonchev–Trinajstić information content (AvgIpc) is 2.89. The number of hydrogen-bond donors (Lipinski definition) is 3. The maximum absolute atomic E-state index is 8.95. The Labute approximate surface area is 121 Å². The first-order valence-electron chi connectivity index (χ1n) is 7.43. The van der Waals surface area contributed by atoms with Crippen molar-refractivity contribution in [2.45, 2.75) is 32.1 Å². The van der Waals surface area contributed by atoms with E-state index >= 15 is 0 Å². The molecule has 110 valence electrons. The summed E-state index contributed by atoms with van der Waals surface area (Å²) in [4.78, 5) is 0. The minimum absolute atomic E-state index is 0.0694. The lowest BCUT2D eigenvalue weighted by atomic mass is 9.97. The molecular formula is C16H25N3O. The van der Waals surface area contributed by atoms with Crippen LogP contribution in [0.5, 0.6) is 0 Å². The van der Waals surface area contributed by atoms with E-state index in [4.69, 9.17) is 10.9 Å². The molecule has 0 spiro atoms. The van der Waals surface area contributed by atoms with Gasteiger partial charge in [-0.2, -0.15) is 0 Å². The normalized spacial score (nSPS) is 24.8. The average molecular weight is 275 g/mol. The van der Waals surface area contributed by atoms with Crippen LogP contribution in [0.25, 0.3) is 0 Å². The lowest BCUT2D eigenvalue weighted by Crippen LogP contribution is -2.33. The van der Waals surface area contributed by atoms with Crippen LogP contribution < -0.4 is 11.1 Å². The summed E-state index contributed by atoms with van der Waals surface area (Å²) < 4.78 is 0. The van der Waals surface area contributed by atoms with Gasteiger partial charge < -0.3 is 16.3 Å². The van der Waals surface area contributed by atoms with Crippen LogP contribution in [0.3, 0.4) is 0 Å². The smallest absolute Gasteiger partial charge is 0.147 e. The molecule has 0 aromatic heterocycles. The molecule has 1 aliphatic rings. The van der Waals surface area contributed by atoms with Gasteiger partial charge in [-0.3, -0.25) is 0 Å². The predicted molar refractivity (Wildman–Crippen MR) is 82.0 cm³/mol. The summed E-state index contributed by atoms with van der Waals surface area (Å²) in [6.07, 6.45) is 3.97. The van der Waals surface area contributed by atoms with E-state index in [9.17, 15) is 0 Å². The Kier molecular flexibility index (Phi) is 5.41. The molecule has 0 radical (unpaired) electrons. The van der Waals surface area contributed by atoms with Crippen LogP contribution in [-0.4, -0.2) is 24.1 Å². The standard InChI is InChI=1S/C16H25N3O/c1-12-7-8-13(9-12)10-18-11-15(16(17)19-20)14-5-3-2-4-6-14/h2-6,12-13,15,18,20H,7-11H2,1H3,(H2,17,19). The Balaban J connectivity index is 1.89. The number of nitrogens with two attached hydrogens (primary N) is 1. The molecule has 4 N–H and O–H groups in total. The Hall–Kier alpha value is -1.55. The van der Waals surface area contributed by atoms with Crippen LogP contribution in [0.1, 0.15) is 37.7 Å². The molecule has 1 aromatic carbocycles. The van der Waals surface area contributed by atoms with Crippen molar-refractivity contribution in [2.75, 3.05) is 13.1 Å². The zero-order valence-corrected chi connectivity index (χ0v) is 12.1. The first kappa shape index (κ1) is 14.9. The fourth-order valence-corrected chi connectivity index (χ4v) is 3.09. The number of rotatable bonds is 6. The molecule has 1 fully saturated rings. The van der Waals surface area contributed by atoms with Gasteiger partial charge in [0.1, 0.15) is 5.84 Å². The highest BCUT2D eigenvalue weighted by molar-refractivity contribution is 5.87. The van der Waals surface area contributed by atoms with Gasteiger partial charge >= 0.3 is 0 Å². The number of hydrogen-bond acceptors (Lipinski definition) is 3. The van der Waals surface area contributed by atoms with Crippen LogP contribution in [-0.2, 0) is 0 Å². The molecule has 0 saturated heterocycles. The molecule has 0 aliphatic heterocycles. The van der Waals surface area contributed by atoms with Gasteiger partial charge in [-0.25, -0.2) is 0 Å². The van der Waals surface area contributed by atoms with E-state index < -0.39 is 0 Å². The van der Waals surface area contributed by atoms with Crippen LogP contribution >= 0.6 is 0 Å². The molecule has 1 saturated carbocycles. The molecule has 2 rings (SSSR count). The molecule has 4 nitrogen and oxygen atoms in total. The fraction of sp³-hybridized carbons (Fsp3) is 0.562. The highest BCUT2D eigenvalue weighted by atomic mass is 16.4. The third-order valence-corrected chi connectivity index (χ3v) is 4.26. The molecule has 3 unspecified atom stereocenters. The van der Waals surface area contributed by atoms with Crippen LogP contribution in [0.15, 0.2) is 35.5 Å². The summed E-state index contributed by atoms with van der Waals surface area (Å²) in [5.74, 6) is 1.83. The van der Waals surface area contributed by atoms with E-state index in [1.165, 1.54) is 19.3 Å². The van der Waals surface area contributed by atoms with Gasteiger partial charge in [0.15, 0.2) is 0 Å². The van der Waals surface area contributed by atoms with Crippen molar-refractivity contribution >= 4 is 5.84 Å². The van der Waals surface area contributed by atoms with Crippen molar-refractivity contribution < 1.29 is 5.21 Å². The first-order valence-corrected chi connectivity index (χ1v) is 7.43. The molecule has 1 aromatic rings. The molecule has 4 heteroatoms. The maximum Gasteiger partial charge on any atom is 0.147 e. The lowest BCUT2D eigenvalue weighted by molar-refractivity contribution is 0.315. The summed E-state index contributed by atoms with van der Waals surface area (Å²) in [5.41, 5.74) is 6.90. The lowest BCUT2D eigenvalue weighted by Gasteiger charge is -2.18. The zero-order valence-electron chi connectivity index (χ0n) is 12.1. The second-order valence-electron chi connectivity index (χ2n) is 5.93. The number of nitrogens with one attached hydrogen (secondary N) is 1. The van der Waals surface area contributed by atoms with E-state index in [1.807, 2.05) is 30.3 Å². The van der Waals surface area contributed by atoms with Gasteiger partial charge in [-0.15, -0.1) is 0 Å². The number of nitrogens with zero attached hydrogens (tertiary/aromatic N) is 1. The van der Waals surface area contributed by atoms with Gasteiger partial charge in [-0.1, -0.05) is 48.8 Å². The summed E-state index contributed by atoms with van der Waals surface area (Å²) in [6.45, 7) is 4.06. The van der Waals surface area contributed by atoms with E-state index in [0.29, 0.717) is 6.54 Å². The Morgan fingerprint density at radius 2 is 2.15 bits per heavy atom. The minimum atomic E-state index is -0.0694. The molecular weight excluding hydrogens is 250 g/mol. The first-order chi connectivity index (χ1) is 9.70. The summed E-state index contributed by atoms with van der Waals surface area (Å²) in [7, 11) is 0. The monoisotopic (exact) mass is 275 g/mol. The van der Waals surface area contributed by atoms with Crippen molar-refractivity contribution in [2.24, 2.45) is 22.7 Å². The third kappa shape index (κ3) is 3.97. The van der Waals surface area contributed by atoms with Crippen LogP contribution in [0.4, 0.5) is 0 Å². The van der Waals surface area contributed by atoms with E-state index in [-0.39, 0.29) is 11.8 Å². The number of amidine groups is 1. The highest BCUT2D eigenvalue weighted by Gasteiger charge is 2.22. The predicted octanol–water partition coefficient (Wildman–Crippen LogP) is 2.54. The zero-order chi connectivity index (χ0) is 14.4. The van der Waals surface area contributed by atoms with Crippen molar-refractivity contribution in [1.29, 1.82) is 0 Å². The summed E-state index contributed by atoms with van der Waals surface area (Å²) in [6, 6.07) is 9.96.